The van der Waals surface area contributed by atoms with Gasteiger partial charge in [0.25, 0.3) is 0 Å². The second-order valence-corrected chi connectivity index (χ2v) is 12.6. The number of hydrogen-bond acceptors (Lipinski definition) is 1. The lowest BCUT2D eigenvalue weighted by molar-refractivity contribution is 1.62. The van der Waals surface area contributed by atoms with Crippen LogP contribution in [0.4, 0.5) is 0 Å². The van der Waals surface area contributed by atoms with E-state index < -0.39 is 0 Å². The molecule has 0 aliphatic rings. The molecule has 0 fully saturated rings. The molecule has 0 saturated heterocycles. The molecule has 9 aromatic rings. The molecule has 8 aromatic carbocycles. The third-order valence-electron chi connectivity index (χ3n) is 9.13. The van der Waals surface area contributed by atoms with E-state index in [0.717, 1.165) is 0 Å². The SMILES string of the molecule is c1cc(-c2ccc3ccccc3c2-c2cccs2)cc(-c2c3ccccc3c(-c3ccc4ccccc4c3)c3ccccc23)c1. The van der Waals surface area contributed by atoms with Crippen LogP contribution in [0.3, 0.4) is 0 Å². The highest BCUT2D eigenvalue weighted by molar-refractivity contribution is 7.13. The maximum atomic E-state index is 2.39. The molecule has 0 spiro atoms. The van der Waals surface area contributed by atoms with E-state index in [4.69, 9.17) is 0 Å². The molecular weight excluding hydrogens is 561 g/mol. The molecule has 0 saturated carbocycles. The van der Waals surface area contributed by atoms with Crippen molar-refractivity contribution in [3.8, 4) is 43.8 Å². The van der Waals surface area contributed by atoms with Crippen molar-refractivity contribution < 1.29 is 0 Å². The van der Waals surface area contributed by atoms with Crippen molar-refractivity contribution in [2.45, 2.75) is 0 Å². The first kappa shape index (κ1) is 25.9. The number of thiophene rings is 1. The summed E-state index contributed by atoms with van der Waals surface area (Å²) in [6, 6.07) is 60.2. The highest BCUT2D eigenvalue weighted by atomic mass is 32.1. The smallest absolute Gasteiger partial charge is 0.0355 e. The lowest BCUT2D eigenvalue weighted by Crippen LogP contribution is -1.92. The topological polar surface area (TPSA) is 0 Å². The monoisotopic (exact) mass is 588 g/mol. The van der Waals surface area contributed by atoms with Gasteiger partial charge in [-0.1, -0.05) is 146 Å². The Bertz CT molecular complexity index is 2480. The summed E-state index contributed by atoms with van der Waals surface area (Å²) in [7, 11) is 0. The fourth-order valence-corrected chi connectivity index (χ4v) is 7.93. The zero-order chi connectivity index (χ0) is 29.7. The van der Waals surface area contributed by atoms with Crippen LogP contribution in [-0.2, 0) is 0 Å². The fourth-order valence-electron chi connectivity index (χ4n) is 7.14. The zero-order valence-electron chi connectivity index (χ0n) is 24.6. The maximum absolute atomic E-state index is 2.39. The predicted octanol–water partition coefficient (Wildman–Crippen LogP) is 13.0. The van der Waals surface area contributed by atoms with E-state index in [0.29, 0.717) is 0 Å². The molecule has 0 bridgehead atoms. The Hall–Kier alpha value is -5.50. The molecule has 0 aliphatic carbocycles. The fraction of sp³-hybridized carbons (Fsp3) is 0. The summed E-state index contributed by atoms with van der Waals surface area (Å²) in [6.45, 7) is 0. The van der Waals surface area contributed by atoms with Crippen molar-refractivity contribution >= 4 is 54.4 Å². The molecule has 1 heteroatoms. The summed E-state index contributed by atoms with van der Waals surface area (Å²) in [4.78, 5) is 1.29. The Labute approximate surface area is 266 Å². The van der Waals surface area contributed by atoms with Gasteiger partial charge in [0.15, 0.2) is 0 Å². The molecule has 0 atom stereocenters. The van der Waals surface area contributed by atoms with Crippen molar-refractivity contribution in [3.05, 3.63) is 169 Å². The molecule has 0 amide bonds. The zero-order valence-corrected chi connectivity index (χ0v) is 25.4. The van der Waals surface area contributed by atoms with Gasteiger partial charge >= 0.3 is 0 Å². The first-order chi connectivity index (χ1) is 22.3. The molecule has 9 rings (SSSR count). The quantitative estimate of drug-likeness (QED) is 0.179. The Kier molecular flexibility index (Phi) is 6.11. The average Bonchev–Trinajstić information content (AvgIpc) is 3.65. The Morgan fingerprint density at radius 2 is 0.867 bits per heavy atom. The van der Waals surface area contributed by atoms with E-state index in [2.05, 4.69) is 169 Å². The standard InChI is InChI=1S/C44H28S/c1-2-13-31-27-34(23-22-29(31)11-1)43-39-19-7-5-17-37(39)42(38-18-6-8-20-40(38)43)33-15-9-14-32(28-33)36-25-24-30-12-3-4-16-35(30)44(36)41-21-10-26-45-41/h1-28H. The van der Waals surface area contributed by atoms with Gasteiger partial charge in [0.1, 0.15) is 0 Å². The third-order valence-corrected chi connectivity index (χ3v) is 10.0. The molecule has 0 N–H and O–H groups in total. The maximum Gasteiger partial charge on any atom is 0.0355 e. The first-order valence-electron chi connectivity index (χ1n) is 15.4. The predicted molar refractivity (Wildman–Crippen MR) is 196 cm³/mol. The lowest BCUT2D eigenvalue weighted by atomic mass is 9.84. The van der Waals surface area contributed by atoms with Crippen molar-refractivity contribution in [3.63, 3.8) is 0 Å². The molecular formula is C44H28S. The van der Waals surface area contributed by atoms with Gasteiger partial charge in [0.2, 0.25) is 0 Å². The van der Waals surface area contributed by atoms with Crippen molar-refractivity contribution in [2.75, 3.05) is 0 Å². The van der Waals surface area contributed by atoms with E-state index in [1.165, 1.54) is 86.9 Å². The van der Waals surface area contributed by atoms with Gasteiger partial charge in [0, 0.05) is 10.4 Å². The molecule has 0 nitrogen and oxygen atoms in total. The summed E-state index contributed by atoms with van der Waals surface area (Å²) < 4.78 is 0. The van der Waals surface area contributed by atoms with Crippen LogP contribution in [0.25, 0.3) is 86.9 Å². The Morgan fingerprint density at radius 1 is 0.311 bits per heavy atom. The van der Waals surface area contributed by atoms with Crippen molar-refractivity contribution in [2.24, 2.45) is 0 Å². The highest BCUT2D eigenvalue weighted by Gasteiger charge is 2.18. The largest absolute Gasteiger partial charge is 0.144 e. The lowest BCUT2D eigenvalue weighted by Gasteiger charge is -2.19. The first-order valence-corrected chi connectivity index (χ1v) is 16.3. The van der Waals surface area contributed by atoms with E-state index in [-0.39, 0.29) is 0 Å². The third kappa shape index (κ3) is 4.28. The van der Waals surface area contributed by atoms with Gasteiger partial charge in [-0.2, -0.15) is 0 Å². The summed E-state index contributed by atoms with van der Waals surface area (Å²) in [5.41, 5.74) is 8.86. The van der Waals surface area contributed by atoms with Crippen molar-refractivity contribution in [1.82, 2.24) is 0 Å². The van der Waals surface area contributed by atoms with Crippen LogP contribution in [0, 0.1) is 0 Å². The van der Waals surface area contributed by atoms with Crippen LogP contribution in [0.5, 0.6) is 0 Å². The summed E-state index contributed by atoms with van der Waals surface area (Å²) in [5.74, 6) is 0. The number of benzene rings is 8. The van der Waals surface area contributed by atoms with Crippen LogP contribution in [-0.4, -0.2) is 0 Å². The minimum Gasteiger partial charge on any atom is -0.144 e. The van der Waals surface area contributed by atoms with Gasteiger partial charge in [-0.3, -0.25) is 0 Å². The van der Waals surface area contributed by atoms with Gasteiger partial charge in [-0.05, 0) is 100 Å². The summed E-state index contributed by atoms with van der Waals surface area (Å²) >= 11 is 1.80. The van der Waals surface area contributed by atoms with Crippen LogP contribution in [0.2, 0.25) is 0 Å². The van der Waals surface area contributed by atoms with Gasteiger partial charge in [0.05, 0.1) is 0 Å². The van der Waals surface area contributed by atoms with E-state index in [1.807, 2.05) is 0 Å². The molecule has 210 valence electrons. The number of hydrogen-bond donors (Lipinski definition) is 0. The molecule has 45 heavy (non-hydrogen) atoms. The van der Waals surface area contributed by atoms with Crippen molar-refractivity contribution in [1.29, 1.82) is 0 Å². The normalized spacial score (nSPS) is 11.6. The van der Waals surface area contributed by atoms with Crippen LogP contribution >= 0.6 is 11.3 Å². The van der Waals surface area contributed by atoms with Gasteiger partial charge in [-0.25, -0.2) is 0 Å². The highest BCUT2D eigenvalue weighted by Crippen LogP contribution is 2.46. The molecule has 0 unspecified atom stereocenters. The second-order valence-electron chi connectivity index (χ2n) is 11.7. The number of rotatable bonds is 4. The van der Waals surface area contributed by atoms with E-state index in [9.17, 15) is 0 Å². The molecule has 0 radical (unpaired) electrons. The number of fused-ring (bicyclic) bond motifs is 4. The Morgan fingerprint density at radius 3 is 1.53 bits per heavy atom. The minimum atomic E-state index is 1.23. The average molecular weight is 589 g/mol. The summed E-state index contributed by atoms with van der Waals surface area (Å²) in [6.07, 6.45) is 0. The molecule has 1 aromatic heterocycles. The van der Waals surface area contributed by atoms with E-state index in [1.54, 1.807) is 11.3 Å². The molecule has 0 aliphatic heterocycles. The summed E-state index contributed by atoms with van der Waals surface area (Å²) in [5, 5.41) is 12.3. The minimum absolute atomic E-state index is 1.23. The van der Waals surface area contributed by atoms with E-state index >= 15 is 0 Å². The Balaban J connectivity index is 1.31. The molecule has 1 heterocycles. The van der Waals surface area contributed by atoms with Crippen LogP contribution in [0.1, 0.15) is 0 Å². The van der Waals surface area contributed by atoms with Crippen LogP contribution in [0.15, 0.2) is 169 Å². The second kappa shape index (κ2) is 10.6. The van der Waals surface area contributed by atoms with Gasteiger partial charge < -0.3 is 0 Å². The van der Waals surface area contributed by atoms with Crippen LogP contribution < -0.4 is 0 Å². The van der Waals surface area contributed by atoms with Gasteiger partial charge in [-0.15, -0.1) is 11.3 Å².